The Kier molecular flexibility index (Phi) is 7.29. The molecule has 238 valence electrons. The van der Waals surface area contributed by atoms with Gasteiger partial charge in [0.05, 0.1) is 25.4 Å². The lowest BCUT2D eigenvalue weighted by Gasteiger charge is -2.60. The second-order valence-corrected chi connectivity index (χ2v) is 15.6. The van der Waals surface area contributed by atoms with E-state index in [9.17, 15) is 25.5 Å². The number of allylic oxidation sites excluding steroid dienone is 1. The molecule has 0 radical (unpaired) electrons. The minimum Gasteiger partial charge on any atom is -0.394 e. The molecular formula is C33H52O9. The number of fused-ring (bicyclic) bond motifs is 7. The lowest BCUT2D eigenvalue weighted by atomic mass is 9.46. The van der Waals surface area contributed by atoms with Gasteiger partial charge < -0.3 is 44.5 Å². The Labute approximate surface area is 249 Å². The average molecular weight is 593 g/mol. The van der Waals surface area contributed by atoms with Crippen LogP contribution in [0.25, 0.3) is 0 Å². The van der Waals surface area contributed by atoms with Crippen molar-refractivity contribution in [3.8, 4) is 0 Å². The first-order valence-corrected chi connectivity index (χ1v) is 16.6. The summed E-state index contributed by atoms with van der Waals surface area (Å²) in [6.45, 7) is 9.39. The highest BCUT2D eigenvalue weighted by Crippen LogP contribution is 2.72. The molecule has 42 heavy (non-hydrogen) atoms. The number of aliphatic hydroxyl groups excluding tert-OH is 4. The van der Waals surface area contributed by atoms with Crippen molar-refractivity contribution in [3.05, 3.63) is 11.6 Å². The highest BCUT2D eigenvalue weighted by atomic mass is 16.7. The van der Waals surface area contributed by atoms with Gasteiger partial charge in [0, 0.05) is 17.8 Å². The summed E-state index contributed by atoms with van der Waals surface area (Å²) in [5, 5.41) is 53.0. The molecule has 3 saturated heterocycles. The molecule has 3 heterocycles. The standard InChI is InChI=1S/C33H52O9/c1-17-7-12-32(39-16-17)18(2)33(38)25(42-32)14-23-21-6-5-19-13-20(8-10-30(19,3)22(21)9-11-31(23,33)4)40-29-28(37)27(36)26(35)24(15-34)41-29/h5,17-18,20-29,34-38H,6-16H2,1-4H3/t17-,18-,20+,21-,22+,23-,24-,25+,26-,27+,28-,29-,30+,31+,32-,33-/m1/s1. The SMILES string of the molecule is C[C@@H]1CC[C@@]2(OC1)O[C@H]1C[C@@H]3[C@@H]4CC=C5C[C@@H](O[C@@H]6O[C@H](CO)[C@@H](O)[C@H](O)[C@H]6O)CC[C@]5(C)[C@H]4CC[C@]3(C)[C@@]1(O)[C@@H]2C. The summed E-state index contributed by atoms with van der Waals surface area (Å²) in [6.07, 6.45) is 4.17. The van der Waals surface area contributed by atoms with E-state index in [2.05, 4.69) is 33.8 Å². The summed E-state index contributed by atoms with van der Waals surface area (Å²) in [7, 11) is 0. The van der Waals surface area contributed by atoms with Gasteiger partial charge in [-0.1, -0.05) is 39.3 Å². The van der Waals surface area contributed by atoms with Gasteiger partial charge in [-0.15, -0.1) is 0 Å². The Morgan fingerprint density at radius 2 is 1.76 bits per heavy atom. The summed E-state index contributed by atoms with van der Waals surface area (Å²) >= 11 is 0. The second kappa shape index (κ2) is 10.2. The molecule has 0 unspecified atom stereocenters. The van der Waals surface area contributed by atoms with E-state index < -0.39 is 48.7 Å². The zero-order chi connectivity index (χ0) is 29.8. The van der Waals surface area contributed by atoms with Crippen LogP contribution in [-0.2, 0) is 18.9 Å². The minimum atomic E-state index is -1.43. The molecule has 0 aromatic heterocycles. The summed E-state index contributed by atoms with van der Waals surface area (Å²) < 4.78 is 25.0. The minimum absolute atomic E-state index is 0.0517. The molecule has 5 N–H and O–H groups in total. The predicted molar refractivity (Wildman–Crippen MR) is 152 cm³/mol. The largest absolute Gasteiger partial charge is 0.394 e. The summed E-state index contributed by atoms with van der Waals surface area (Å²) in [6, 6.07) is 0. The van der Waals surface area contributed by atoms with Crippen LogP contribution in [0.15, 0.2) is 11.6 Å². The fourth-order valence-electron chi connectivity index (χ4n) is 11.1. The van der Waals surface area contributed by atoms with Crippen LogP contribution >= 0.6 is 0 Å². The number of rotatable bonds is 3. The van der Waals surface area contributed by atoms with Gasteiger partial charge in [0.1, 0.15) is 30.0 Å². The average Bonchev–Trinajstić information content (AvgIpc) is 3.33. The number of hydrogen-bond donors (Lipinski definition) is 5. The zero-order valence-electron chi connectivity index (χ0n) is 25.7. The van der Waals surface area contributed by atoms with Gasteiger partial charge in [0.15, 0.2) is 12.1 Å². The van der Waals surface area contributed by atoms with E-state index in [1.54, 1.807) is 0 Å². The quantitative estimate of drug-likeness (QED) is 0.313. The fourth-order valence-corrected chi connectivity index (χ4v) is 11.1. The summed E-state index contributed by atoms with van der Waals surface area (Å²) in [4.78, 5) is 0. The topological polar surface area (TPSA) is 138 Å². The van der Waals surface area contributed by atoms with Gasteiger partial charge in [-0.2, -0.15) is 0 Å². The first-order valence-electron chi connectivity index (χ1n) is 16.6. The molecule has 3 saturated carbocycles. The lowest BCUT2D eigenvalue weighted by Crippen LogP contribution is -2.60. The normalized spacial score (nSPS) is 59.0. The van der Waals surface area contributed by atoms with Gasteiger partial charge in [-0.25, -0.2) is 0 Å². The highest BCUT2D eigenvalue weighted by Gasteiger charge is 2.76. The smallest absolute Gasteiger partial charge is 0.186 e. The van der Waals surface area contributed by atoms with Crippen LogP contribution in [0.2, 0.25) is 0 Å². The third-order valence-electron chi connectivity index (χ3n) is 13.8. The molecule has 0 aromatic carbocycles. The van der Waals surface area contributed by atoms with E-state index in [-0.39, 0.29) is 29.0 Å². The Morgan fingerprint density at radius 3 is 2.48 bits per heavy atom. The molecule has 16 atom stereocenters. The van der Waals surface area contributed by atoms with Crippen LogP contribution in [0.4, 0.5) is 0 Å². The van der Waals surface area contributed by atoms with Crippen LogP contribution < -0.4 is 0 Å². The van der Waals surface area contributed by atoms with Gasteiger partial charge >= 0.3 is 0 Å². The Morgan fingerprint density at radius 1 is 0.976 bits per heavy atom. The first kappa shape index (κ1) is 30.1. The molecule has 0 bridgehead atoms. The van der Waals surface area contributed by atoms with Crippen molar-refractivity contribution in [1.82, 2.24) is 0 Å². The van der Waals surface area contributed by atoms with Gasteiger partial charge in [-0.05, 0) is 80.5 Å². The van der Waals surface area contributed by atoms with Crippen molar-refractivity contribution in [2.45, 2.75) is 140 Å². The number of ether oxygens (including phenoxy) is 4. The molecule has 7 rings (SSSR count). The van der Waals surface area contributed by atoms with Crippen LogP contribution in [0.1, 0.15) is 85.5 Å². The van der Waals surface area contributed by atoms with Gasteiger partial charge in [0.2, 0.25) is 0 Å². The third kappa shape index (κ3) is 4.00. The van der Waals surface area contributed by atoms with E-state index in [0.717, 1.165) is 57.8 Å². The Hall–Kier alpha value is -0.620. The maximum atomic E-state index is 12.6. The van der Waals surface area contributed by atoms with E-state index in [1.165, 1.54) is 5.57 Å². The summed E-state index contributed by atoms with van der Waals surface area (Å²) in [5.74, 6) is 1.24. The monoisotopic (exact) mass is 592 g/mol. The fraction of sp³-hybridized carbons (Fsp3) is 0.939. The maximum absolute atomic E-state index is 12.6. The molecule has 9 heteroatoms. The van der Waals surface area contributed by atoms with Crippen LogP contribution in [0, 0.1) is 40.4 Å². The molecule has 0 amide bonds. The van der Waals surface area contributed by atoms with E-state index in [0.29, 0.717) is 30.3 Å². The number of aliphatic hydroxyl groups is 5. The van der Waals surface area contributed by atoms with Crippen molar-refractivity contribution in [3.63, 3.8) is 0 Å². The second-order valence-electron chi connectivity index (χ2n) is 15.6. The molecule has 3 aliphatic heterocycles. The maximum Gasteiger partial charge on any atom is 0.186 e. The predicted octanol–water partition coefficient (Wildman–Crippen LogP) is 2.65. The van der Waals surface area contributed by atoms with Crippen molar-refractivity contribution >= 4 is 0 Å². The molecular weight excluding hydrogens is 540 g/mol. The van der Waals surface area contributed by atoms with E-state index in [4.69, 9.17) is 18.9 Å². The molecule has 4 aliphatic carbocycles. The Bertz CT molecular complexity index is 1070. The molecule has 7 aliphatic rings. The molecule has 9 nitrogen and oxygen atoms in total. The van der Waals surface area contributed by atoms with Gasteiger partial charge in [-0.3, -0.25) is 0 Å². The third-order valence-corrected chi connectivity index (χ3v) is 13.8. The number of hydrogen-bond acceptors (Lipinski definition) is 9. The Balaban J connectivity index is 1.07. The van der Waals surface area contributed by atoms with Crippen LogP contribution in [0.5, 0.6) is 0 Å². The lowest BCUT2D eigenvalue weighted by molar-refractivity contribution is -0.313. The molecule has 1 spiro atoms. The van der Waals surface area contributed by atoms with Crippen molar-refractivity contribution in [2.75, 3.05) is 13.2 Å². The zero-order valence-corrected chi connectivity index (χ0v) is 25.7. The van der Waals surface area contributed by atoms with E-state index in [1.807, 2.05) is 0 Å². The van der Waals surface area contributed by atoms with Crippen molar-refractivity contribution in [1.29, 1.82) is 0 Å². The van der Waals surface area contributed by atoms with Crippen molar-refractivity contribution < 1.29 is 44.5 Å². The molecule has 6 fully saturated rings. The van der Waals surface area contributed by atoms with Crippen molar-refractivity contribution in [2.24, 2.45) is 40.4 Å². The van der Waals surface area contributed by atoms with Crippen LogP contribution in [0.3, 0.4) is 0 Å². The van der Waals surface area contributed by atoms with Gasteiger partial charge in [0.25, 0.3) is 0 Å². The highest BCUT2D eigenvalue weighted by molar-refractivity contribution is 5.29. The van der Waals surface area contributed by atoms with E-state index >= 15 is 0 Å². The van der Waals surface area contributed by atoms with Crippen LogP contribution in [-0.4, -0.2) is 93.0 Å². The molecule has 0 aromatic rings. The first-order chi connectivity index (χ1) is 19.9. The summed E-state index contributed by atoms with van der Waals surface area (Å²) in [5.41, 5.74) is 0.360.